The van der Waals surface area contributed by atoms with Crippen molar-refractivity contribution in [1.82, 2.24) is 4.57 Å². The van der Waals surface area contributed by atoms with Crippen LogP contribution in [0.1, 0.15) is 27.9 Å². The third kappa shape index (κ3) is 2.11. The number of nitrogens with zero attached hydrogens (tertiary/aromatic N) is 1. The Bertz CT molecular complexity index is 599. The summed E-state index contributed by atoms with van der Waals surface area (Å²) >= 11 is 0. The molecule has 1 heterocycles. The SMILES string of the molecule is Cc1cc2c(CCCO)cn(C)c2cc1C(=O)O. The average Bonchev–Trinajstić information content (AvgIpc) is 2.62. The molecule has 0 unspecified atom stereocenters. The fraction of sp³-hybridized carbons (Fsp3) is 0.357. The van der Waals surface area contributed by atoms with Gasteiger partial charge in [-0.05, 0) is 43.0 Å². The molecule has 0 aliphatic rings. The van der Waals surface area contributed by atoms with Crippen LogP contribution >= 0.6 is 0 Å². The number of hydrogen-bond acceptors (Lipinski definition) is 2. The Morgan fingerprint density at radius 1 is 1.39 bits per heavy atom. The van der Waals surface area contributed by atoms with Gasteiger partial charge in [0.2, 0.25) is 0 Å². The minimum absolute atomic E-state index is 0.169. The fourth-order valence-corrected chi connectivity index (χ4v) is 2.32. The number of carboxylic acids is 1. The number of rotatable bonds is 4. The molecule has 0 atom stereocenters. The standard InChI is InChI=1S/C14H17NO3/c1-9-6-12-10(4-3-5-16)8-15(2)13(12)7-11(9)14(17)18/h6-8,16H,3-5H2,1-2H3,(H,17,18). The lowest BCUT2D eigenvalue weighted by Gasteiger charge is -2.04. The Balaban J connectivity index is 2.59. The van der Waals surface area contributed by atoms with Crippen LogP contribution in [0.2, 0.25) is 0 Å². The highest BCUT2D eigenvalue weighted by molar-refractivity contribution is 5.96. The number of carbonyl (C=O) groups is 1. The number of aromatic nitrogens is 1. The molecular formula is C14H17NO3. The third-order valence-electron chi connectivity index (χ3n) is 3.25. The summed E-state index contributed by atoms with van der Waals surface area (Å²) in [5.41, 5.74) is 3.19. The van der Waals surface area contributed by atoms with E-state index in [4.69, 9.17) is 10.2 Å². The zero-order chi connectivity index (χ0) is 13.3. The van der Waals surface area contributed by atoms with Gasteiger partial charge in [0, 0.05) is 30.8 Å². The molecule has 2 N–H and O–H groups in total. The normalized spacial score (nSPS) is 11.1. The van der Waals surface area contributed by atoms with Gasteiger partial charge in [0.05, 0.1) is 5.56 Å². The molecule has 0 saturated heterocycles. The highest BCUT2D eigenvalue weighted by Crippen LogP contribution is 2.25. The summed E-state index contributed by atoms with van der Waals surface area (Å²) in [6, 6.07) is 3.64. The van der Waals surface area contributed by atoms with E-state index >= 15 is 0 Å². The highest BCUT2D eigenvalue weighted by Gasteiger charge is 2.13. The van der Waals surface area contributed by atoms with E-state index in [-0.39, 0.29) is 6.61 Å². The van der Waals surface area contributed by atoms with Crippen molar-refractivity contribution in [3.63, 3.8) is 0 Å². The van der Waals surface area contributed by atoms with Crippen LogP contribution in [0.3, 0.4) is 0 Å². The molecule has 2 rings (SSSR count). The van der Waals surface area contributed by atoms with Crippen LogP contribution in [-0.4, -0.2) is 27.4 Å². The Kier molecular flexibility index (Phi) is 3.39. The fourth-order valence-electron chi connectivity index (χ4n) is 2.32. The minimum atomic E-state index is -0.896. The van der Waals surface area contributed by atoms with Gasteiger partial charge in [-0.3, -0.25) is 0 Å². The largest absolute Gasteiger partial charge is 0.478 e. The maximum Gasteiger partial charge on any atom is 0.336 e. The topological polar surface area (TPSA) is 62.5 Å². The van der Waals surface area contributed by atoms with Crippen molar-refractivity contribution in [3.05, 3.63) is 35.0 Å². The quantitative estimate of drug-likeness (QED) is 0.869. The zero-order valence-electron chi connectivity index (χ0n) is 10.6. The molecule has 0 fully saturated rings. The van der Waals surface area contributed by atoms with Crippen LogP contribution in [0.15, 0.2) is 18.3 Å². The Morgan fingerprint density at radius 2 is 2.11 bits per heavy atom. The van der Waals surface area contributed by atoms with E-state index in [0.29, 0.717) is 5.56 Å². The minimum Gasteiger partial charge on any atom is -0.478 e. The predicted molar refractivity (Wildman–Crippen MR) is 70.0 cm³/mol. The van der Waals surface area contributed by atoms with Gasteiger partial charge in [-0.15, -0.1) is 0 Å². The number of benzene rings is 1. The van der Waals surface area contributed by atoms with Crippen LogP contribution in [0.4, 0.5) is 0 Å². The van der Waals surface area contributed by atoms with Crippen molar-refractivity contribution in [2.45, 2.75) is 19.8 Å². The summed E-state index contributed by atoms with van der Waals surface area (Å²) in [7, 11) is 1.91. The number of aliphatic hydroxyl groups excluding tert-OH is 1. The molecule has 0 bridgehead atoms. The lowest BCUT2D eigenvalue weighted by Crippen LogP contribution is -2.00. The molecule has 0 amide bonds. The highest BCUT2D eigenvalue weighted by atomic mass is 16.4. The van der Waals surface area contributed by atoms with Crippen LogP contribution < -0.4 is 0 Å². The smallest absolute Gasteiger partial charge is 0.336 e. The summed E-state index contributed by atoms with van der Waals surface area (Å²) in [6.45, 7) is 1.98. The van der Waals surface area contributed by atoms with Crippen molar-refractivity contribution in [1.29, 1.82) is 0 Å². The van der Waals surface area contributed by atoms with Crippen LogP contribution in [0.25, 0.3) is 10.9 Å². The first-order valence-electron chi connectivity index (χ1n) is 5.97. The summed E-state index contributed by atoms with van der Waals surface area (Å²) < 4.78 is 1.94. The van der Waals surface area contributed by atoms with Gasteiger partial charge >= 0.3 is 5.97 Å². The summed E-state index contributed by atoms with van der Waals surface area (Å²) in [5.74, 6) is -0.896. The molecule has 0 spiro atoms. The molecule has 0 saturated carbocycles. The first-order valence-corrected chi connectivity index (χ1v) is 5.97. The monoisotopic (exact) mass is 247 g/mol. The van der Waals surface area contributed by atoms with Crippen LogP contribution in [0, 0.1) is 6.92 Å². The maximum absolute atomic E-state index is 11.1. The second-order valence-corrected chi connectivity index (χ2v) is 4.58. The van der Waals surface area contributed by atoms with Crippen molar-refractivity contribution in [2.75, 3.05) is 6.61 Å². The number of aryl methyl sites for hydroxylation is 3. The number of carboxylic acid groups (broad SMARTS) is 1. The summed E-state index contributed by atoms with van der Waals surface area (Å²) in [5, 5.41) is 19.1. The number of aromatic carboxylic acids is 1. The number of fused-ring (bicyclic) bond motifs is 1. The second-order valence-electron chi connectivity index (χ2n) is 4.58. The van der Waals surface area contributed by atoms with Crippen molar-refractivity contribution < 1.29 is 15.0 Å². The summed E-state index contributed by atoms with van der Waals surface area (Å²) in [6.07, 6.45) is 3.53. The van der Waals surface area contributed by atoms with Crippen molar-refractivity contribution in [3.8, 4) is 0 Å². The molecule has 1 aromatic carbocycles. The molecule has 2 aromatic rings. The molecule has 4 nitrogen and oxygen atoms in total. The molecule has 0 aliphatic heterocycles. The van der Waals surface area contributed by atoms with Gasteiger partial charge in [0.1, 0.15) is 0 Å². The number of aliphatic hydroxyl groups is 1. The first kappa shape index (κ1) is 12.6. The Morgan fingerprint density at radius 3 is 2.72 bits per heavy atom. The molecule has 96 valence electrons. The van der Waals surface area contributed by atoms with Crippen molar-refractivity contribution in [2.24, 2.45) is 7.05 Å². The van der Waals surface area contributed by atoms with Crippen LogP contribution in [0.5, 0.6) is 0 Å². The maximum atomic E-state index is 11.1. The lowest BCUT2D eigenvalue weighted by molar-refractivity contribution is 0.0696. The molecule has 0 radical (unpaired) electrons. The van der Waals surface area contributed by atoms with E-state index in [9.17, 15) is 4.79 Å². The summed E-state index contributed by atoms with van der Waals surface area (Å²) in [4.78, 5) is 11.1. The van der Waals surface area contributed by atoms with Gasteiger partial charge < -0.3 is 14.8 Å². The zero-order valence-corrected chi connectivity index (χ0v) is 10.6. The van der Waals surface area contributed by atoms with E-state index in [0.717, 1.165) is 34.9 Å². The molecule has 18 heavy (non-hydrogen) atoms. The third-order valence-corrected chi connectivity index (χ3v) is 3.25. The van der Waals surface area contributed by atoms with Gasteiger partial charge in [0.25, 0.3) is 0 Å². The molecule has 0 aliphatic carbocycles. The van der Waals surface area contributed by atoms with Gasteiger partial charge in [0.15, 0.2) is 0 Å². The van der Waals surface area contributed by atoms with Crippen molar-refractivity contribution >= 4 is 16.9 Å². The van der Waals surface area contributed by atoms with E-state index in [2.05, 4.69) is 0 Å². The van der Waals surface area contributed by atoms with E-state index < -0.39 is 5.97 Å². The second kappa shape index (κ2) is 4.82. The lowest BCUT2D eigenvalue weighted by atomic mass is 10.0. The Hall–Kier alpha value is -1.81. The van der Waals surface area contributed by atoms with E-state index in [1.54, 1.807) is 6.07 Å². The predicted octanol–water partition coefficient (Wildman–Crippen LogP) is 2.11. The average molecular weight is 247 g/mol. The molecule has 1 aromatic heterocycles. The van der Waals surface area contributed by atoms with Gasteiger partial charge in [-0.25, -0.2) is 4.79 Å². The molecule has 4 heteroatoms. The molecular weight excluding hydrogens is 230 g/mol. The Labute approximate surface area is 105 Å². The number of hydrogen-bond donors (Lipinski definition) is 2. The van der Waals surface area contributed by atoms with Crippen LogP contribution in [-0.2, 0) is 13.5 Å². The van der Waals surface area contributed by atoms with Gasteiger partial charge in [-0.2, -0.15) is 0 Å². The van der Waals surface area contributed by atoms with E-state index in [1.165, 1.54) is 0 Å². The van der Waals surface area contributed by atoms with E-state index in [1.807, 2.05) is 30.8 Å². The first-order chi connectivity index (χ1) is 8.54. The van der Waals surface area contributed by atoms with Gasteiger partial charge in [-0.1, -0.05) is 0 Å².